The molecule has 102 valence electrons. The number of oxime groups is 1. The second-order valence-electron chi connectivity index (χ2n) is 3.34. The van der Waals surface area contributed by atoms with Crippen molar-refractivity contribution < 1.29 is 22.8 Å². The van der Waals surface area contributed by atoms with E-state index >= 15 is 0 Å². The van der Waals surface area contributed by atoms with E-state index in [0.29, 0.717) is 0 Å². The molecular weight excluding hydrogens is 263 g/mol. The van der Waals surface area contributed by atoms with Gasteiger partial charge in [0.2, 0.25) is 5.96 Å². The van der Waals surface area contributed by atoms with Gasteiger partial charge in [0.25, 0.3) is 0 Å². The van der Waals surface area contributed by atoms with Crippen LogP contribution in [0.2, 0.25) is 0 Å². The zero-order valence-corrected chi connectivity index (χ0v) is 9.52. The van der Waals surface area contributed by atoms with E-state index in [-0.39, 0.29) is 5.56 Å². The summed E-state index contributed by atoms with van der Waals surface area (Å²) in [7, 11) is 0. The SMILES string of the molecule is NC(N)=NOC(=O)/C=C/c1ccccc1C(F)(F)F. The predicted octanol–water partition coefficient (Wildman–Crippen LogP) is 1.45. The van der Waals surface area contributed by atoms with E-state index in [1.165, 1.54) is 18.2 Å². The number of hydrogen-bond acceptors (Lipinski definition) is 3. The van der Waals surface area contributed by atoms with E-state index in [0.717, 1.165) is 18.2 Å². The Hall–Kier alpha value is -2.51. The van der Waals surface area contributed by atoms with Gasteiger partial charge in [0, 0.05) is 6.08 Å². The first-order valence-electron chi connectivity index (χ1n) is 4.95. The molecular formula is C11H10F3N3O2. The number of carbonyl (C=O) groups excluding carboxylic acids is 1. The lowest BCUT2D eigenvalue weighted by molar-refractivity contribution is -0.138. The molecule has 0 spiro atoms. The first kappa shape index (κ1) is 14.6. The van der Waals surface area contributed by atoms with Crippen molar-refractivity contribution in [3.05, 3.63) is 41.5 Å². The Labute approximate surface area is 106 Å². The van der Waals surface area contributed by atoms with Crippen molar-refractivity contribution in [3.8, 4) is 0 Å². The molecule has 0 saturated carbocycles. The van der Waals surface area contributed by atoms with Crippen molar-refractivity contribution in [1.82, 2.24) is 0 Å². The van der Waals surface area contributed by atoms with Crippen LogP contribution < -0.4 is 11.5 Å². The van der Waals surface area contributed by atoms with E-state index in [4.69, 9.17) is 11.5 Å². The van der Waals surface area contributed by atoms with Crippen LogP contribution in [0.25, 0.3) is 6.08 Å². The Morgan fingerprint density at radius 3 is 2.47 bits per heavy atom. The third kappa shape index (κ3) is 4.70. The fourth-order valence-corrected chi connectivity index (χ4v) is 1.19. The van der Waals surface area contributed by atoms with Gasteiger partial charge in [-0.3, -0.25) is 0 Å². The molecule has 0 saturated heterocycles. The lowest BCUT2D eigenvalue weighted by Crippen LogP contribution is -2.23. The summed E-state index contributed by atoms with van der Waals surface area (Å²) in [5.74, 6) is -1.47. The van der Waals surface area contributed by atoms with E-state index in [9.17, 15) is 18.0 Å². The number of nitrogens with zero attached hydrogens (tertiary/aromatic N) is 1. The highest BCUT2D eigenvalue weighted by Crippen LogP contribution is 2.32. The summed E-state index contributed by atoms with van der Waals surface area (Å²) in [6.07, 6.45) is -2.75. The van der Waals surface area contributed by atoms with Gasteiger partial charge in [-0.25, -0.2) is 4.79 Å². The number of nitrogens with two attached hydrogens (primary N) is 2. The number of guanidine groups is 1. The van der Waals surface area contributed by atoms with Crippen LogP contribution in [-0.4, -0.2) is 11.9 Å². The number of halogens is 3. The molecule has 0 amide bonds. The van der Waals surface area contributed by atoms with Crippen LogP contribution in [0, 0.1) is 0 Å². The smallest absolute Gasteiger partial charge is 0.367 e. The summed E-state index contributed by atoms with van der Waals surface area (Å²) in [6, 6.07) is 4.78. The number of alkyl halides is 3. The van der Waals surface area contributed by atoms with Crippen LogP contribution in [0.1, 0.15) is 11.1 Å². The highest BCUT2D eigenvalue weighted by atomic mass is 19.4. The monoisotopic (exact) mass is 273 g/mol. The Bertz CT molecular complexity index is 520. The Morgan fingerprint density at radius 1 is 1.26 bits per heavy atom. The molecule has 19 heavy (non-hydrogen) atoms. The minimum absolute atomic E-state index is 0.170. The van der Waals surface area contributed by atoms with Gasteiger partial charge in [-0.1, -0.05) is 18.2 Å². The van der Waals surface area contributed by atoms with E-state index in [1.54, 1.807) is 0 Å². The Kier molecular flexibility index (Phi) is 4.51. The van der Waals surface area contributed by atoms with Crippen molar-refractivity contribution in [3.63, 3.8) is 0 Å². The molecule has 0 aliphatic rings. The zero-order chi connectivity index (χ0) is 14.5. The van der Waals surface area contributed by atoms with Crippen LogP contribution in [0.4, 0.5) is 13.2 Å². The predicted molar refractivity (Wildman–Crippen MR) is 62.4 cm³/mol. The molecule has 8 heteroatoms. The third-order valence-corrected chi connectivity index (χ3v) is 1.91. The topological polar surface area (TPSA) is 90.7 Å². The van der Waals surface area contributed by atoms with Gasteiger partial charge in [-0.15, -0.1) is 0 Å². The molecule has 0 unspecified atom stereocenters. The molecule has 1 aromatic carbocycles. The summed E-state index contributed by atoms with van der Waals surface area (Å²) < 4.78 is 37.9. The molecule has 0 aliphatic carbocycles. The first-order valence-corrected chi connectivity index (χ1v) is 4.95. The number of rotatable bonds is 3. The summed E-state index contributed by atoms with van der Waals surface area (Å²) >= 11 is 0. The fourth-order valence-electron chi connectivity index (χ4n) is 1.19. The van der Waals surface area contributed by atoms with Crippen molar-refractivity contribution in [2.45, 2.75) is 6.18 Å². The van der Waals surface area contributed by atoms with Gasteiger partial charge < -0.3 is 16.3 Å². The van der Waals surface area contributed by atoms with Gasteiger partial charge >= 0.3 is 12.1 Å². The summed E-state index contributed by atoms with van der Waals surface area (Å²) in [5, 5.41) is 2.96. The van der Waals surface area contributed by atoms with E-state index in [2.05, 4.69) is 9.99 Å². The van der Waals surface area contributed by atoms with Gasteiger partial charge in [0.05, 0.1) is 5.56 Å². The first-order chi connectivity index (χ1) is 8.80. The summed E-state index contributed by atoms with van der Waals surface area (Å²) in [4.78, 5) is 15.3. The van der Waals surface area contributed by atoms with Gasteiger partial charge in [0.15, 0.2) is 0 Å². The molecule has 0 bridgehead atoms. The highest BCUT2D eigenvalue weighted by Gasteiger charge is 2.32. The average molecular weight is 273 g/mol. The molecule has 0 heterocycles. The molecule has 1 aromatic rings. The molecule has 0 aromatic heterocycles. The molecule has 0 atom stereocenters. The second kappa shape index (κ2) is 5.89. The van der Waals surface area contributed by atoms with Crippen molar-refractivity contribution in [2.24, 2.45) is 16.6 Å². The van der Waals surface area contributed by atoms with E-state index < -0.39 is 23.7 Å². The quantitative estimate of drug-likeness (QED) is 0.287. The van der Waals surface area contributed by atoms with Crippen molar-refractivity contribution in [1.29, 1.82) is 0 Å². The highest BCUT2D eigenvalue weighted by molar-refractivity contribution is 5.88. The maximum atomic E-state index is 12.6. The average Bonchev–Trinajstić information content (AvgIpc) is 2.33. The molecule has 1 rings (SSSR count). The second-order valence-corrected chi connectivity index (χ2v) is 3.34. The van der Waals surface area contributed by atoms with Crippen LogP contribution in [0.3, 0.4) is 0 Å². The number of benzene rings is 1. The summed E-state index contributed by atoms with van der Waals surface area (Å²) in [6.45, 7) is 0. The van der Waals surface area contributed by atoms with Gasteiger partial charge in [0.1, 0.15) is 0 Å². The normalized spacial score (nSPS) is 11.3. The number of hydrogen-bond donors (Lipinski definition) is 2. The Morgan fingerprint density at radius 2 is 1.89 bits per heavy atom. The molecule has 0 fully saturated rings. The molecule has 5 nitrogen and oxygen atoms in total. The van der Waals surface area contributed by atoms with Crippen LogP contribution >= 0.6 is 0 Å². The van der Waals surface area contributed by atoms with Crippen LogP contribution in [0.15, 0.2) is 35.5 Å². The molecule has 0 radical (unpaired) electrons. The summed E-state index contributed by atoms with van der Waals surface area (Å²) in [5.41, 5.74) is 8.78. The standard InChI is InChI=1S/C11H10F3N3O2/c12-11(13,14)8-4-2-1-3-7(8)5-6-9(18)19-17-10(15)16/h1-6H,(H4,15,16,17)/b6-5+. The molecule has 0 aliphatic heterocycles. The van der Waals surface area contributed by atoms with Crippen molar-refractivity contribution in [2.75, 3.05) is 0 Å². The van der Waals surface area contributed by atoms with E-state index in [1.807, 2.05) is 0 Å². The maximum Gasteiger partial charge on any atom is 0.416 e. The van der Waals surface area contributed by atoms with Crippen molar-refractivity contribution >= 4 is 18.0 Å². The van der Waals surface area contributed by atoms with Gasteiger partial charge in [-0.05, 0) is 22.9 Å². The lowest BCUT2D eigenvalue weighted by Gasteiger charge is -2.09. The largest absolute Gasteiger partial charge is 0.416 e. The fraction of sp³-hybridized carbons (Fsp3) is 0.0909. The van der Waals surface area contributed by atoms with Crippen LogP contribution in [-0.2, 0) is 15.8 Å². The lowest BCUT2D eigenvalue weighted by atomic mass is 10.1. The third-order valence-electron chi connectivity index (χ3n) is 1.91. The minimum atomic E-state index is -4.51. The Balaban J connectivity index is 2.88. The minimum Gasteiger partial charge on any atom is -0.367 e. The molecule has 4 N–H and O–H groups in total. The van der Waals surface area contributed by atoms with Crippen LogP contribution in [0.5, 0.6) is 0 Å². The zero-order valence-electron chi connectivity index (χ0n) is 9.52. The maximum absolute atomic E-state index is 12.6. The number of carbonyl (C=O) groups is 1. The van der Waals surface area contributed by atoms with Gasteiger partial charge in [-0.2, -0.15) is 13.2 Å².